The number of benzene rings is 2. The predicted octanol–water partition coefficient (Wildman–Crippen LogP) is 3.33. The van der Waals surface area contributed by atoms with Crippen molar-refractivity contribution in [2.24, 2.45) is 0 Å². The normalized spacial score (nSPS) is 16.5. The lowest BCUT2D eigenvalue weighted by Crippen LogP contribution is -2.43. The highest BCUT2D eigenvalue weighted by atomic mass is 16.4. The van der Waals surface area contributed by atoms with Crippen LogP contribution in [0.3, 0.4) is 0 Å². The summed E-state index contributed by atoms with van der Waals surface area (Å²) in [5.74, 6) is 0.0709. The number of likely N-dealkylation sites (N-methyl/N-ethyl adjacent to an activating group) is 1. The maximum Gasteiger partial charge on any atom is 0.321 e. The van der Waals surface area contributed by atoms with Gasteiger partial charge in [0.25, 0.3) is 0 Å². The predicted molar refractivity (Wildman–Crippen MR) is 117 cm³/mol. The molecule has 2 aromatic heterocycles. The Kier molecular flexibility index (Phi) is 4.51. The number of nitrogens with one attached hydrogen (secondary N) is 2. The number of carboxylic acids is 1. The first-order valence-corrected chi connectivity index (χ1v) is 10.3. The number of nitrogens with zero attached hydrogens (tertiary/aromatic N) is 3. The Hall–Kier alpha value is -3.65. The molecule has 0 saturated carbocycles. The minimum atomic E-state index is -0.837. The fourth-order valence-corrected chi connectivity index (χ4v) is 4.35. The van der Waals surface area contributed by atoms with Crippen LogP contribution < -0.4 is 0 Å². The van der Waals surface area contributed by atoms with Crippen LogP contribution in [-0.4, -0.2) is 54.3 Å². The first-order chi connectivity index (χ1) is 14.9. The smallest absolute Gasteiger partial charge is 0.321 e. The van der Waals surface area contributed by atoms with Gasteiger partial charge in [0.05, 0.1) is 16.9 Å². The number of aryl methyl sites for hydroxylation is 1. The lowest BCUT2D eigenvalue weighted by molar-refractivity contribution is -0.143. The van der Waals surface area contributed by atoms with Crippen LogP contribution >= 0.6 is 0 Å². The highest BCUT2D eigenvalue weighted by Crippen LogP contribution is 2.33. The van der Waals surface area contributed by atoms with Crippen molar-refractivity contribution in [3.8, 4) is 28.4 Å². The molecular formula is C23H23N5O3. The fraction of sp³-hybridized carbons (Fsp3) is 0.261. The molecule has 0 fully saturated rings. The van der Waals surface area contributed by atoms with Gasteiger partial charge < -0.3 is 15.2 Å². The number of rotatable bonds is 4. The largest absolute Gasteiger partial charge is 0.508 e. The Morgan fingerprint density at radius 3 is 2.87 bits per heavy atom. The van der Waals surface area contributed by atoms with Crippen LogP contribution in [0.25, 0.3) is 33.5 Å². The van der Waals surface area contributed by atoms with Crippen molar-refractivity contribution < 1.29 is 15.0 Å². The summed E-state index contributed by atoms with van der Waals surface area (Å²) >= 11 is 0. The van der Waals surface area contributed by atoms with E-state index in [2.05, 4.69) is 33.2 Å². The zero-order chi connectivity index (χ0) is 21.7. The SMILES string of the molecule is CCc1cc(O)ccc1-c1ccc2c(-c3nc4c([nH]3)CN(C)[C@H](C(=O)O)C4)n[nH]c2c1. The number of aromatic nitrogens is 4. The quantitative estimate of drug-likeness (QED) is 0.405. The third-order valence-electron chi connectivity index (χ3n) is 6.04. The number of carboxylic acid groups (broad SMARTS) is 1. The van der Waals surface area contributed by atoms with Crippen LogP contribution in [0.2, 0.25) is 0 Å². The average molecular weight is 417 g/mol. The van der Waals surface area contributed by atoms with Gasteiger partial charge in [-0.1, -0.05) is 19.1 Å². The molecule has 0 saturated heterocycles. The zero-order valence-electron chi connectivity index (χ0n) is 17.3. The van der Waals surface area contributed by atoms with Gasteiger partial charge in [0.15, 0.2) is 5.82 Å². The number of aromatic amines is 2. The third kappa shape index (κ3) is 3.25. The first-order valence-electron chi connectivity index (χ1n) is 10.3. The highest BCUT2D eigenvalue weighted by Gasteiger charge is 2.31. The van der Waals surface area contributed by atoms with Gasteiger partial charge in [-0.2, -0.15) is 5.10 Å². The van der Waals surface area contributed by atoms with E-state index in [1.165, 1.54) is 0 Å². The molecule has 8 nitrogen and oxygen atoms in total. The maximum absolute atomic E-state index is 11.5. The van der Waals surface area contributed by atoms with Gasteiger partial charge in [-0.05, 0) is 54.4 Å². The molecule has 0 spiro atoms. The zero-order valence-corrected chi connectivity index (χ0v) is 17.3. The second-order valence-corrected chi connectivity index (χ2v) is 8.01. The van der Waals surface area contributed by atoms with Gasteiger partial charge >= 0.3 is 5.97 Å². The van der Waals surface area contributed by atoms with Crippen molar-refractivity contribution in [3.05, 3.63) is 53.3 Å². The van der Waals surface area contributed by atoms with Crippen molar-refractivity contribution in [1.29, 1.82) is 0 Å². The molecule has 0 bridgehead atoms. The maximum atomic E-state index is 11.5. The van der Waals surface area contributed by atoms with Crippen molar-refractivity contribution in [1.82, 2.24) is 25.1 Å². The number of aliphatic carboxylic acids is 1. The Morgan fingerprint density at radius 2 is 2.10 bits per heavy atom. The van der Waals surface area contributed by atoms with Crippen LogP contribution in [0.4, 0.5) is 0 Å². The molecule has 0 radical (unpaired) electrons. The fourth-order valence-electron chi connectivity index (χ4n) is 4.35. The molecule has 1 atom stereocenters. The molecular weight excluding hydrogens is 394 g/mol. The number of imidazole rings is 1. The monoisotopic (exact) mass is 417 g/mol. The lowest BCUT2D eigenvalue weighted by Gasteiger charge is -2.28. The Bertz CT molecular complexity index is 1310. The summed E-state index contributed by atoms with van der Waals surface area (Å²) in [6.07, 6.45) is 1.19. The molecule has 1 aliphatic heterocycles. The molecule has 8 heteroatoms. The number of fused-ring (bicyclic) bond motifs is 2. The third-order valence-corrected chi connectivity index (χ3v) is 6.04. The summed E-state index contributed by atoms with van der Waals surface area (Å²) < 4.78 is 0. The summed E-state index contributed by atoms with van der Waals surface area (Å²) in [4.78, 5) is 21.3. The number of carbonyl (C=O) groups is 1. The van der Waals surface area contributed by atoms with Crippen LogP contribution in [0.15, 0.2) is 36.4 Å². The summed E-state index contributed by atoms with van der Waals surface area (Å²) in [6, 6.07) is 11.0. The van der Waals surface area contributed by atoms with Crippen LogP contribution in [0.1, 0.15) is 23.9 Å². The van der Waals surface area contributed by atoms with E-state index in [0.29, 0.717) is 24.5 Å². The molecule has 0 amide bonds. The summed E-state index contributed by atoms with van der Waals surface area (Å²) in [5.41, 5.74) is 6.52. The summed E-state index contributed by atoms with van der Waals surface area (Å²) in [5, 5.41) is 27.7. The molecule has 3 heterocycles. The molecule has 0 aliphatic carbocycles. The molecule has 4 aromatic rings. The minimum Gasteiger partial charge on any atom is -0.508 e. The molecule has 4 N–H and O–H groups in total. The summed E-state index contributed by atoms with van der Waals surface area (Å²) in [6.45, 7) is 2.57. The van der Waals surface area contributed by atoms with Crippen molar-refractivity contribution in [2.75, 3.05) is 7.05 Å². The van der Waals surface area contributed by atoms with E-state index in [-0.39, 0.29) is 5.75 Å². The van der Waals surface area contributed by atoms with Gasteiger partial charge in [0.2, 0.25) is 0 Å². The molecule has 1 aliphatic rings. The van der Waals surface area contributed by atoms with E-state index < -0.39 is 12.0 Å². The van der Waals surface area contributed by atoms with Crippen LogP contribution in [0.5, 0.6) is 5.75 Å². The number of hydrogen-bond acceptors (Lipinski definition) is 5. The van der Waals surface area contributed by atoms with E-state index in [0.717, 1.165) is 45.4 Å². The molecule has 158 valence electrons. The van der Waals surface area contributed by atoms with Crippen molar-refractivity contribution >= 4 is 16.9 Å². The van der Waals surface area contributed by atoms with Gasteiger partial charge in [-0.15, -0.1) is 0 Å². The number of phenols is 1. The second-order valence-electron chi connectivity index (χ2n) is 8.01. The Labute approximate surface area is 178 Å². The average Bonchev–Trinajstić information content (AvgIpc) is 3.35. The number of hydrogen-bond donors (Lipinski definition) is 4. The number of aromatic hydroxyl groups is 1. The van der Waals surface area contributed by atoms with Gasteiger partial charge in [0, 0.05) is 18.4 Å². The second kappa shape index (κ2) is 7.24. The van der Waals surface area contributed by atoms with E-state index >= 15 is 0 Å². The van der Waals surface area contributed by atoms with E-state index in [9.17, 15) is 15.0 Å². The minimum absolute atomic E-state index is 0.267. The van der Waals surface area contributed by atoms with Crippen LogP contribution in [0, 0.1) is 0 Å². The van der Waals surface area contributed by atoms with Gasteiger partial charge in [-0.25, -0.2) is 4.98 Å². The topological polar surface area (TPSA) is 118 Å². The molecule has 0 unspecified atom stereocenters. The van der Waals surface area contributed by atoms with E-state index in [1.807, 2.05) is 30.1 Å². The number of phenolic OH excluding ortho intramolecular Hbond substituents is 1. The molecule has 2 aromatic carbocycles. The first kappa shape index (κ1) is 19.3. The Morgan fingerprint density at radius 1 is 1.26 bits per heavy atom. The molecule has 31 heavy (non-hydrogen) atoms. The lowest BCUT2D eigenvalue weighted by atomic mass is 9.97. The van der Waals surface area contributed by atoms with Gasteiger partial charge in [0.1, 0.15) is 17.5 Å². The molecule has 5 rings (SSSR count). The summed E-state index contributed by atoms with van der Waals surface area (Å²) in [7, 11) is 1.81. The van der Waals surface area contributed by atoms with E-state index in [1.54, 1.807) is 12.1 Å². The number of H-pyrrole nitrogens is 2. The van der Waals surface area contributed by atoms with E-state index in [4.69, 9.17) is 0 Å². The standard InChI is InChI=1S/C23H23N5O3/c1-3-12-8-14(29)5-7-15(12)13-4-6-16-17(9-13)26-27-21(16)22-24-18-10-20(23(30)31)28(2)11-19(18)25-22/h4-9,20,29H,3,10-11H2,1-2H3,(H,24,25)(H,26,27)(H,30,31)/t20-/m0/s1. The van der Waals surface area contributed by atoms with Crippen molar-refractivity contribution in [2.45, 2.75) is 32.4 Å². The van der Waals surface area contributed by atoms with Gasteiger partial charge in [-0.3, -0.25) is 14.8 Å². The Balaban J connectivity index is 1.52. The van der Waals surface area contributed by atoms with Crippen molar-refractivity contribution in [3.63, 3.8) is 0 Å². The van der Waals surface area contributed by atoms with Crippen LogP contribution in [-0.2, 0) is 24.2 Å². The highest BCUT2D eigenvalue weighted by molar-refractivity contribution is 5.94.